The second kappa shape index (κ2) is 7.31. The number of likely N-dealkylation sites (tertiary alicyclic amines) is 1. The van der Waals surface area contributed by atoms with E-state index >= 15 is 0 Å². The molecule has 4 rings (SSSR count). The van der Waals surface area contributed by atoms with Crippen molar-refractivity contribution in [2.24, 2.45) is 5.92 Å². The van der Waals surface area contributed by atoms with Gasteiger partial charge < -0.3 is 18.6 Å². The van der Waals surface area contributed by atoms with Crippen molar-refractivity contribution in [3.63, 3.8) is 0 Å². The second-order valence-corrected chi connectivity index (χ2v) is 7.04. The zero-order valence-electron chi connectivity index (χ0n) is 14.5. The van der Waals surface area contributed by atoms with E-state index < -0.39 is 0 Å². The molecule has 2 aromatic rings. The first-order chi connectivity index (χ1) is 12.7. The first kappa shape index (κ1) is 16.8. The van der Waals surface area contributed by atoms with Crippen LogP contribution in [0.3, 0.4) is 0 Å². The van der Waals surface area contributed by atoms with Gasteiger partial charge in [-0.1, -0.05) is 12.8 Å². The lowest BCUT2D eigenvalue weighted by atomic mass is 10.1. The van der Waals surface area contributed by atoms with Crippen LogP contribution in [0.4, 0.5) is 0 Å². The van der Waals surface area contributed by atoms with Crippen LogP contribution >= 0.6 is 0 Å². The molecule has 2 amide bonds. The zero-order chi connectivity index (χ0) is 17.9. The van der Waals surface area contributed by atoms with Gasteiger partial charge in [0.15, 0.2) is 12.8 Å². The van der Waals surface area contributed by atoms with Crippen LogP contribution in [0.5, 0.6) is 0 Å². The van der Waals surface area contributed by atoms with Crippen LogP contribution in [0, 0.1) is 5.92 Å². The number of aromatic nitrogens is 2. The van der Waals surface area contributed by atoms with Crippen molar-refractivity contribution in [3.05, 3.63) is 36.7 Å². The predicted molar refractivity (Wildman–Crippen MR) is 89.3 cm³/mol. The summed E-state index contributed by atoms with van der Waals surface area (Å²) < 4.78 is 10.0. The molecule has 26 heavy (non-hydrogen) atoms. The molecule has 2 aromatic heterocycles. The molecule has 2 aliphatic rings. The molecule has 1 saturated heterocycles. The lowest BCUT2D eigenvalue weighted by Gasteiger charge is -2.26. The summed E-state index contributed by atoms with van der Waals surface area (Å²) in [6.07, 6.45) is 10.4. The minimum atomic E-state index is -0.318. The SMILES string of the molecule is O=C(C1CC(=O)N(C2CCCC2)C1)N(Cc1cocn1)Cc1cocn1. The number of oxazole rings is 2. The molecule has 0 aromatic carbocycles. The molecular weight excluding hydrogens is 336 g/mol. The summed E-state index contributed by atoms with van der Waals surface area (Å²) in [6, 6.07) is 0.305. The number of hydrogen-bond acceptors (Lipinski definition) is 6. The molecule has 0 N–H and O–H groups in total. The molecule has 2 fully saturated rings. The molecule has 0 spiro atoms. The van der Waals surface area contributed by atoms with Crippen molar-refractivity contribution >= 4 is 11.8 Å². The Bertz CT molecular complexity index is 701. The predicted octanol–water partition coefficient (Wildman–Crippen LogP) is 1.98. The average Bonchev–Trinajstić information content (AvgIpc) is 3.41. The van der Waals surface area contributed by atoms with E-state index in [1.807, 2.05) is 4.90 Å². The normalized spacial score (nSPS) is 20.8. The maximum absolute atomic E-state index is 13.1. The van der Waals surface area contributed by atoms with E-state index in [1.165, 1.54) is 25.3 Å². The Labute approximate surface area is 151 Å². The molecule has 1 saturated carbocycles. The third-order valence-corrected chi connectivity index (χ3v) is 5.26. The van der Waals surface area contributed by atoms with Gasteiger partial charge in [-0.05, 0) is 12.8 Å². The third kappa shape index (κ3) is 3.49. The van der Waals surface area contributed by atoms with Gasteiger partial charge in [-0.3, -0.25) is 9.59 Å². The first-order valence-electron chi connectivity index (χ1n) is 9.03. The summed E-state index contributed by atoms with van der Waals surface area (Å²) >= 11 is 0. The highest BCUT2D eigenvalue weighted by molar-refractivity contribution is 5.89. The third-order valence-electron chi connectivity index (χ3n) is 5.26. The van der Waals surface area contributed by atoms with Crippen LogP contribution < -0.4 is 0 Å². The van der Waals surface area contributed by atoms with Crippen LogP contribution in [0.15, 0.2) is 34.1 Å². The molecule has 1 aliphatic carbocycles. The number of amides is 2. The molecule has 1 unspecified atom stereocenters. The van der Waals surface area contributed by atoms with Crippen molar-refractivity contribution in [1.82, 2.24) is 19.8 Å². The molecule has 1 atom stereocenters. The number of carbonyl (C=O) groups is 2. The molecule has 0 bridgehead atoms. The van der Waals surface area contributed by atoms with Crippen molar-refractivity contribution in [2.75, 3.05) is 6.54 Å². The quantitative estimate of drug-likeness (QED) is 0.784. The fraction of sp³-hybridized carbons (Fsp3) is 0.556. The molecule has 1 aliphatic heterocycles. The number of carbonyl (C=O) groups excluding carboxylic acids is 2. The average molecular weight is 358 g/mol. The fourth-order valence-electron chi connectivity index (χ4n) is 3.96. The van der Waals surface area contributed by atoms with Gasteiger partial charge in [-0.2, -0.15) is 0 Å². The Morgan fingerprint density at radius 2 is 1.73 bits per heavy atom. The Morgan fingerprint density at radius 3 is 2.27 bits per heavy atom. The van der Waals surface area contributed by atoms with Crippen molar-refractivity contribution in [3.8, 4) is 0 Å². The van der Waals surface area contributed by atoms with Crippen LogP contribution in [0.25, 0.3) is 0 Å². The fourth-order valence-corrected chi connectivity index (χ4v) is 3.96. The number of rotatable bonds is 6. The lowest BCUT2D eigenvalue weighted by Crippen LogP contribution is -2.38. The standard InChI is InChI=1S/C18H22N4O4/c23-17-5-13(6-22(17)16-3-1-2-4-16)18(24)21(7-14-9-25-11-19-14)8-15-10-26-12-20-15/h9-13,16H,1-8H2. The minimum absolute atomic E-state index is 0.0511. The maximum atomic E-state index is 13.1. The Morgan fingerprint density at radius 1 is 1.12 bits per heavy atom. The molecule has 8 heteroatoms. The summed E-state index contributed by atoms with van der Waals surface area (Å²) in [5.41, 5.74) is 1.33. The minimum Gasteiger partial charge on any atom is -0.451 e. The second-order valence-electron chi connectivity index (χ2n) is 7.04. The zero-order valence-corrected chi connectivity index (χ0v) is 14.5. The van der Waals surface area contributed by atoms with Crippen molar-refractivity contribution in [2.45, 2.75) is 51.2 Å². The van der Waals surface area contributed by atoms with Crippen LogP contribution in [0.2, 0.25) is 0 Å². The van der Waals surface area contributed by atoms with E-state index in [4.69, 9.17) is 8.83 Å². The molecule has 138 valence electrons. The van der Waals surface area contributed by atoms with Gasteiger partial charge >= 0.3 is 0 Å². The molecular formula is C18H22N4O4. The van der Waals surface area contributed by atoms with Crippen LogP contribution in [0.1, 0.15) is 43.5 Å². The van der Waals surface area contributed by atoms with Gasteiger partial charge in [-0.25, -0.2) is 9.97 Å². The van der Waals surface area contributed by atoms with Crippen molar-refractivity contribution in [1.29, 1.82) is 0 Å². The van der Waals surface area contributed by atoms with E-state index in [0.717, 1.165) is 25.7 Å². The topological polar surface area (TPSA) is 92.7 Å². The monoisotopic (exact) mass is 358 g/mol. The summed E-state index contributed by atoms with van der Waals surface area (Å²) in [5.74, 6) is -0.273. The van der Waals surface area contributed by atoms with Crippen LogP contribution in [-0.4, -0.2) is 44.2 Å². The van der Waals surface area contributed by atoms with E-state index in [9.17, 15) is 9.59 Å². The Balaban J connectivity index is 1.47. The van der Waals surface area contributed by atoms with Gasteiger partial charge in [0, 0.05) is 19.0 Å². The highest BCUT2D eigenvalue weighted by atomic mass is 16.3. The number of hydrogen-bond donors (Lipinski definition) is 0. The largest absolute Gasteiger partial charge is 0.451 e. The molecule has 3 heterocycles. The molecule has 0 radical (unpaired) electrons. The summed E-state index contributed by atoms with van der Waals surface area (Å²) in [7, 11) is 0. The number of nitrogens with zero attached hydrogens (tertiary/aromatic N) is 4. The smallest absolute Gasteiger partial charge is 0.228 e. The highest BCUT2D eigenvalue weighted by Crippen LogP contribution is 2.30. The summed E-state index contributed by atoms with van der Waals surface area (Å²) in [4.78, 5) is 37.4. The summed E-state index contributed by atoms with van der Waals surface area (Å²) in [6.45, 7) is 1.14. The lowest BCUT2D eigenvalue weighted by molar-refractivity contribution is -0.137. The highest BCUT2D eigenvalue weighted by Gasteiger charge is 2.40. The van der Waals surface area contributed by atoms with E-state index in [0.29, 0.717) is 37.1 Å². The van der Waals surface area contributed by atoms with Gasteiger partial charge in [0.25, 0.3) is 0 Å². The van der Waals surface area contributed by atoms with Crippen molar-refractivity contribution < 1.29 is 18.4 Å². The maximum Gasteiger partial charge on any atom is 0.228 e. The van der Waals surface area contributed by atoms with E-state index in [1.54, 1.807) is 4.90 Å². The van der Waals surface area contributed by atoms with Gasteiger partial charge in [-0.15, -0.1) is 0 Å². The van der Waals surface area contributed by atoms with Gasteiger partial charge in [0.2, 0.25) is 11.8 Å². The Hall–Kier alpha value is -2.64. The summed E-state index contributed by atoms with van der Waals surface area (Å²) in [5, 5.41) is 0. The Kier molecular flexibility index (Phi) is 4.73. The molecule has 8 nitrogen and oxygen atoms in total. The van der Waals surface area contributed by atoms with E-state index in [2.05, 4.69) is 9.97 Å². The van der Waals surface area contributed by atoms with Gasteiger partial charge in [0.1, 0.15) is 12.5 Å². The first-order valence-corrected chi connectivity index (χ1v) is 9.03. The van der Waals surface area contributed by atoms with Gasteiger partial charge in [0.05, 0.1) is 30.4 Å². The van der Waals surface area contributed by atoms with E-state index in [-0.39, 0.29) is 24.2 Å². The van der Waals surface area contributed by atoms with Crippen LogP contribution in [-0.2, 0) is 22.7 Å².